The van der Waals surface area contributed by atoms with Crippen LogP contribution in [0.5, 0.6) is 0 Å². The molecular weight excluding hydrogens is 762 g/mol. The third-order valence-corrected chi connectivity index (χ3v) is 10.8. The van der Waals surface area contributed by atoms with E-state index in [4.69, 9.17) is 22.1 Å². The topological polar surface area (TPSA) is 218 Å². The first-order chi connectivity index (χ1) is 26.9. The van der Waals surface area contributed by atoms with Gasteiger partial charge in [0, 0.05) is 37.2 Å². The minimum absolute atomic E-state index is 0.0719. The maximum absolute atomic E-state index is 14.3. The second kappa shape index (κ2) is 21.8. The van der Waals surface area contributed by atoms with E-state index in [1.807, 2.05) is 60.8 Å². The Morgan fingerprint density at radius 1 is 0.911 bits per heavy atom. The molecule has 0 spiro atoms. The molecule has 0 unspecified atom stereocenters. The summed E-state index contributed by atoms with van der Waals surface area (Å²) in [7, 11) is 1.22. The molecule has 302 valence electrons. The molecule has 4 rings (SSSR count). The molecule has 15 nitrogen and oxygen atoms in total. The van der Waals surface area contributed by atoms with Crippen LogP contribution in [0.1, 0.15) is 61.6 Å². The molecule has 0 aliphatic carbocycles. The Hall–Kier alpha value is -5.22. The number of likely N-dealkylation sites (tertiary alicyclic amines) is 1. The highest BCUT2D eigenvalue weighted by Crippen LogP contribution is 2.27. The van der Waals surface area contributed by atoms with Crippen LogP contribution in [0, 0.1) is 6.92 Å². The number of hydrogen-bond acceptors (Lipinski definition) is 9. The average Bonchev–Trinajstić information content (AvgIpc) is 3.61. The summed E-state index contributed by atoms with van der Waals surface area (Å²) in [5.41, 5.74) is 7.96. The van der Waals surface area contributed by atoms with Crippen LogP contribution in [0.2, 0.25) is 0 Å². The van der Waals surface area contributed by atoms with Crippen molar-refractivity contribution in [1.29, 1.82) is 0 Å². The smallest absolute Gasteiger partial charge is 0.312 e. The number of halogens is 1. The van der Waals surface area contributed by atoms with Crippen molar-refractivity contribution in [2.45, 2.75) is 89.0 Å². The van der Waals surface area contributed by atoms with Crippen LogP contribution in [-0.2, 0) is 46.5 Å². The fourth-order valence-electron chi connectivity index (χ4n) is 6.49. The molecule has 3 aromatic rings. The number of primary amides is 1. The van der Waals surface area contributed by atoms with Crippen molar-refractivity contribution in [2.75, 3.05) is 26.1 Å². The number of fused-ring (bicyclic) bond motifs is 1. The van der Waals surface area contributed by atoms with Gasteiger partial charge in [0.1, 0.15) is 30.0 Å². The Morgan fingerprint density at radius 2 is 1.66 bits per heavy atom. The Balaban J connectivity index is 1.58. The number of aryl methyl sites for hydroxylation is 1. The quantitative estimate of drug-likeness (QED) is 0.0599. The normalized spacial score (nSPS) is 15.5. The molecule has 56 heavy (non-hydrogen) atoms. The molecule has 1 aromatic heterocycles. The summed E-state index contributed by atoms with van der Waals surface area (Å²) in [6.07, 6.45) is 1.82. The highest BCUT2D eigenvalue weighted by atomic mass is 35.5. The van der Waals surface area contributed by atoms with E-state index in [0.717, 1.165) is 26.8 Å². The second-order valence-electron chi connectivity index (χ2n) is 13.6. The van der Waals surface area contributed by atoms with Gasteiger partial charge in [-0.05, 0) is 73.4 Å². The summed E-state index contributed by atoms with van der Waals surface area (Å²) in [5, 5.41) is 16.5. The summed E-state index contributed by atoms with van der Waals surface area (Å²) >= 11 is 7.21. The van der Waals surface area contributed by atoms with Crippen molar-refractivity contribution in [2.24, 2.45) is 5.73 Å². The fourth-order valence-corrected chi connectivity index (χ4v) is 7.54. The van der Waals surface area contributed by atoms with E-state index in [9.17, 15) is 33.6 Å². The first-order valence-electron chi connectivity index (χ1n) is 18.5. The van der Waals surface area contributed by atoms with E-state index in [1.165, 1.54) is 23.3 Å². The predicted octanol–water partition coefficient (Wildman–Crippen LogP) is 2.54. The number of nitrogens with one attached hydrogen (secondary N) is 5. The molecule has 2 aromatic carbocycles. The number of methoxy groups -OCH3 is 1. The van der Waals surface area contributed by atoms with E-state index >= 15 is 0 Å². The summed E-state index contributed by atoms with van der Waals surface area (Å²) < 4.78 is 5.71. The van der Waals surface area contributed by atoms with Gasteiger partial charge in [0.05, 0.1) is 7.11 Å². The summed E-state index contributed by atoms with van der Waals surface area (Å²) in [4.78, 5) is 92.9. The zero-order valence-electron chi connectivity index (χ0n) is 31.6. The number of ether oxygens (including phenoxy) is 1. The van der Waals surface area contributed by atoms with Crippen molar-refractivity contribution in [3.63, 3.8) is 0 Å². The molecule has 2 heterocycles. The van der Waals surface area contributed by atoms with Gasteiger partial charge in [-0.2, -0.15) is 0 Å². The molecule has 7 N–H and O–H groups in total. The number of alkyl halides is 1. The van der Waals surface area contributed by atoms with Crippen molar-refractivity contribution >= 4 is 74.6 Å². The van der Waals surface area contributed by atoms with Crippen molar-refractivity contribution < 1.29 is 38.3 Å². The standard InChI is InChI=1S/C39H50ClN7O8S/c1-24-12-14-25(15-13-24)22-43-35(50)28(9-7-18-42-39(41)54)45-36(51)30(20-26-23-56-32-11-4-3-8-27(26)32)46-37(52)31-10-5-6-19-47(31)38(53)29(44-33(48)21-40)16-17-34(49)55-2/h3-4,8,11-15,23,28-31H,5-7,9-10,16-22H2,1-2H3,(H,43,50)(H,44,48)(H,45,51)(H,46,52)(H3,41,42,54)/t28-,29-,30-,31-/m0/s1. The van der Waals surface area contributed by atoms with Gasteiger partial charge in [-0.3, -0.25) is 28.8 Å². The zero-order valence-corrected chi connectivity index (χ0v) is 33.1. The van der Waals surface area contributed by atoms with Gasteiger partial charge in [0.25, 0.3) is 0 Å². The van der Waals surface area contributed by atoms with Gasteiger partial charge >= 0.3 is 12.0 Å². The number of nitrogens with two attached hydrogens (primary N) is 1. The molecule has 1 aliphatic heterocycles. The van der Waals surface area contributed by atoms with E-state index in [2.05, 4.69) is 26.6 Å². The van der Waals surface area contributed by atoms with Crippen LogP contribution in [0.3, 0.4) is 0 Å². The van der Waals surface area contributed by atoms with Crippen LogP contribution in [0.15, 0.2) is 53.9 Å². The molecule has 1 fully saturated rings. The van der Waals surface area contributed by atoms with Crippen molar-refractivity contribution in [1.82, 2.24) is 31.5 Å². The Kier molecular flexibility index (Phi) is 16.9. The van der Waals surface area contributed by atoms with Gasteiger partial charge in [-0.1, -0.05) is 48.0 Å². The monoisotopic (exact) mass is 811 g/mol. The van der Waals surface area contributed by atoms with Crippen molar-refractivity contribution in [3.8, 4) is 0 Å². The number of piperidine rings is 1. The number of nitrogens with zero attached hydrogens (tertiary/aromatic N) is 1. The van der Waals surface area contributed by atoms with Gasteiger partial charge < -0.3 is 42.0 Å². The molecule has 1 aliphatic rings. The highest BCUT2D eigenvalue weighted by molar-refractivity contribution is 7.17. The lowest BCUT2D eigenvalue weighted by molar-refractivity contribution is -0.146. The Morgan fingerprint density at radius 3 is 2.38 bits per heavy atom. The third kappa shape index (κ3) is 12.9. The fraction of sp³-hybridized carbons (Fsp3) is 0.462. The number of benzene rings is 2. The van der Waals surface area contributed by atoms with Crippen LogP contribution >= 0.6 is 22.9 Å². The number of urea groups is 1. The maximum Gasteiger partial charge on any atom is 0.312 e. The molecule has 0 radical (unpaired) electrons. The van der Waals surface area contributed by atoms with Crippen LogP contribution in [0.4, 0.5) is 4.79 Å². The largest absolute Gasteiger partial charge is 0.469 e. The van der Waals surface area contributed by atoms with E-state index in [-0.39, 0.29) is 51.7 Å². The number of hydrogen-bond donors (Lipinski definition) is 6. The first kappa shape index (κ1) is 43.5. The first-order valence-corrected chi connectivity index (χ1v) is 20.0. The van der Waals surface area contributed by atoms with Gasteiger partial charge in [0.15, 0.2) is 0 Å². The molecule has 17 heteroatoms. The number of carbonyl (C=O) groups is 7. The summed E-state index contributed by atoms with van der Waals surface area (Å²) in [5.74, 6) is -3.82. The second-order valence-corrected chi connectivity index (χ2v) is 14.8. The van der Waals surface area contributed by atoms with E-state index in [0.29, 0.717) is 19.3 Å². The predicted molar refractivity (Wildman–Crippen MR) is 212 cm³/mol. The molecule has 0 saturated carbocycles. The van der Waals surface area contributed by atoms with E-state index in [1.54, 1.807) is 0 Å². The molecular formula is C39H50ClN7O8S. The van der Waals surface area contributed by atoms with Crippen LogP contribution < -0.4 is 32.3 Å². The lowest BCUT2D eigenvalue weighted by Crippen LogP contribution is -2.60. The minimum atomic E-state index is -1.17. The van der Waals surface area contributed by atoms with Crippen LogP contribution in [-0.4, -0.2) is 96.7 Å². The summed E-state index contributed by atoms with van der Waals surface area (Å²) in [6, 6.07) is 10.3. The SMILES string of the molecule is COC(=O)CC[C@H](NC(=O)CCl)C(=O)N1CCCC[C@H]1C(=O)N[C@@H](Cc1csc2ccccc12)C(=O)N[C@@H](CCCNC(N)=O)C(=O)NCc1ccc(C)cc1. The van der Waals surface area contributed by atoms with Gasteiger partial charge in [-0.25, -0.2) is 4.79 Å². The maximum atomic E-state index is 14.3. The molecule has 7 amide bonds. The minimum Gasteiger partial charge on any atom is -0.469 e. The van der Waals surface area contributed by atoms with Crippen molar-refractivity contribution in [3.05, 3.63) is 70.6 Å². The van der Waals surface area contributed by atoms with Gasteiger partial charge in [-0.15, -0.1) is 22.9 Å². The lowest BCUT2D eigenvalue weighted by atomic mass is 9.97. The Labute approximate surface area is 334 Å². The Bertz CT molecular complexity index is 1860. The molecule has 1 saturated heterocycles. The number of rotatable bonds is 19. The van der Waals surface area contributed by atoms with E-state index < -0.39 is 71.6 Å². The highest BCUT2D eigenvalue weighted by Gasteiger charge is 2.38. The van der Waals surface area contributed by atoms with Gasteiger partial charge in [0.2, 0.25) is 29.5 Å². The lowest BCUT2D eigenvalue weighted by Gasteiger charge is -2.37. The molecule has 4 atom stereocenters. The van der Waals surface area contributed by atoms with Crippen LogP contribution in [0.25, 0.3) is 10.1 Å². The number of thiophene rings is 1. The average molecular weight is 812 g/mol. The number of carbonyl (C=O) groups excluding carboxylic acids is 7. The number of esters is 1. The molecule has 0 bridgehead atoms. The zero-order chi connectivity index (χ0) is 40.6. The number of amides is 7. The third-order valence-electron chi connectivity index (χ3n) is 9.52. The summed E-state index contributed by atoms with van der Waals surface area (Å²) in [6.45, 7) is 2.55.